The van der Waals surface area contributed by atoms with Crippen LogP contribution in [-0.2, 0) is 0 Å². The largest absolute Gasteiger partial charge is 0.379 e. The molecule has 0 amide bonds. The van der Waals surface area contributed by atoms with Crippen molar-refractivity contribution in [3.63, 3.8) is 0 Å². The third-order valence-electron chi connectivity index (χ3n) is 1.27. The molecule has 10 heavy (non-hydrogen) atoms. The van der Waals surface area contributed by atoms with Gasteiger partial charge in [-0.3, -0.25) is 0 Å². The van der Waals surface area contributed by atoms with Gasteiger partial charge in [0.2, 0.25) is 0 Å². The van der Waals surface area contributed by atoms with Crippen LogP contribution in [0, 0.1) is 0 Å². The lowest BCUT2D eigenvalue weighted by Gasteiger charge is -1.82. The maximum atomic E-state index is 5.00. The quantitative estimate of drug-likeness (QED) is 0.552. The Bertz CT molecular complexity index is 360. The first-order chi connectivity index (χ1) is 4.92. The van der Waals surface area contributed by atoms with Gasteiger partial charge in [0.1, 0.15) is 6.26 Å². The molecule has 0 aliphatic carbocycles. The van der Waals surface area contributed by atoms with Crippen molar-refractivity contribution in [1.29, 1.82) is 0 Å². The number of hydrogen-bond donors (Lipinski definition) is 0. The van der Waals surface area contributed by atoms with Crippen LogP contribution in [0.1, 0.15) is 0 Å². The molecule has 0 aromatic carbocycles. The van der Waals surface area contributed by atoms with Crippen LogP contribution in [0.4, 0.5) is 5.82 Å². The van der Waals surface area contributed by atoms with E-state index < -0.39 is 0 Å². The van der Waals surface area contributed by atoms with Crippen molar-refractivity contribution in [3.8, 4) is 0 Å². The molecule has 0 aliphatic rings. The highest BCUT2D eigenvalue weighted by Crippen LogP contribution is 2.13. The molecule has 0 radical (unpaired) electrons. The molecule has 2 aromatic rings. The van der Waals surface area contributed by atoms with Gasteiger partial charge in [-0.2, -0.15) is 0 Å². The number of rotatable bonds is 1. The molecule has 2 rings (SSSR count). The Morgan fingerprint density at radius 3 is 3.40 bits per heavy atom. The first-order valence-electron chi connectivity index (χ1n) is 2.80. The zero-order valence-electron chi connectivity index (χ0n) is 5.19. The predicted molar refractivity (Wildman–Crippen MR) is 36.7 cm³/mol. The van der Waals surface area contributed by atoms with Crippen molar-refractivity contribution >= 4 is 18.2 Å². The Morgan fingerprint density at radius 2 is 2.60 bits per heavy atom. The van der Waals surface area contributed by atoms with Gasteiger partial charge in [0.05, 0.1) is 6.20 Å². The van der Waals surface area contributed by atoms with Crippen LogP contribution in [0.2, 0.25) is 0 Å². The van der Waals surface area contributed by atoms with Crippen LogP contribution in [0.25, 0.3) is 5.65 Å². The summed E-state index contributed by atoms with van der Waals surface area (Å²) in [6.07, 6.45) is 3.16. The Kier molecular flexibility index (Phi) is 0.887. The number of hydrogen-bond acceptors (Lipinski definition) is 3. The fourth-order valence-electron chi connectivity index (χ4n) is 0.822. The Balaban J connectivity index is 2.88. The lowest BCUT2D eigenvalue weighted by molar-refractivity contribution is 0.381. The molecule has 0 fully saturated rings. The summed E-state index contributed by atoms with van der Waals surface area (Å²) >= 11 is 0. The molecule has 0 atom stereocenters. The minimum Gasteiger partial charge on any atom is -0.379 e. The van der Waals surface area contributed by atoms with E-state index in [4.69, 9.17) is 4.52 Å². The van der Waals surface area contributed by atoms with E-state index in [0.29, 0.717) is 5.82 Å². The second-order valence-corrected chi connectivity index (χ2v) is 1.84. The predicted octanol–water partition coefficient (Wildman–Crippen LogP) is 1.26. The van der Waals surface area contributed by atoms with Gasteiger partial charge in [0, 0.05) is 6.07 Å². The summed E-state index contributed by atoms with van der Waals surface area (Å²) < 4.78 is 6.51. The summed E-state index contributed by atoms with van der Waals surface area (Å²) in [6.45, 7) is 3.36. The molecule has 0 unspecified atom stereocenters. The van der Waals surface area contributed by atoms with Crippen molar-refractivity contribution in [3.05, 3.63) is 18.5 Å². The number of imidazole rings is 1. The fraction of sp³-hybridized carbons (Fsp3) is 0. The van der Waals surface area contributed by atoms with E-state index in [2.05, 4.69) is 16.7 Å². The molecule has 2 aromatic heterocycles. The van der Waals surface area contributed by atoms with E-state index in [1.165, 1.54) is 4.57 Å². The number of nitrogens with zero attached hydrogens (tertiary/aromatic N) is 3. The van der Waals surface area contributed by atoms with Gasteiger partial charge in [0.25, 0.3) is 0 Å². The maximum Gasteiger partial charge on any atom is 0.189 e. The first kappa shape index (κ1) is 5.22. The molecule has 0 saturated carbocycles. The molecule has 50 valence electrons. The monoisotopic (exact) mass is 135 g/mol. The Labute approximate surface area is 56.8 Å². The van der Waals surface area contributed by atoms with Gasteiger partial charge in [0.15, 0.2) is 11.5 Å². The molecule has 0 aliphatic heterocycles. The van der Waals surface area contributed by atoms with E-state index in [-0.39, 0.29) is 0 Å². The third-order valence-corrected chi connectivity index (χ3v) is 1.27. The number of aliphatic imine (C=N–C) groups is 1. The SMILES string of the molecule is C=Nc1cnc2ccon12. The lowest BCUT2D eigenvalue weighted by Crippen LogP contribution is -1.71. The van der Waals surface area contributed by atoms with Crippen molar-refractivity contribution in [1.82, 2.24) is 9.56 Å². The van der Waals surface area contributed by atoms with Crippen molar-refractivity contribution in [2.75, 3.05) is 0 Å². The normalized spacial score (nSPS) is 10.4. The van der Waals surface area contributed by atoms with Crippen LogP contribution in [0.5, 0.6) is 0 Å². The second kappa shape index (κ2) is 1.70. The molecule has 0 saturated heterocycles. The summed E-state index contributed by atoms with van der Waals surface area (Å²) in [4.78, 5) is 7.67. The van der Waals surface area contributed by atoms with Crippen LogP contribution in [0.3, 0.4) is 0 Å². The van der Waals surface area contributed by atoms with E-state index in [1.807, 2.05) is 0 Å². The topological polar surface area (TPSA) is 42.8 Å². The molecular weight excluding hydrogens is 130 g/mol. The Hall–Kier alpha value is -1.58. The van der Waals surface area contributed by atoms with E-state index in [9.17, 15) is 0 Å². The Morgan fingerprint density at radius 1 is 1.70 bits per heavy atom. The minimum atomic E-state index is 0.625. The van der Waals surface area contributed by atoms with Crippen molar-refractivity contribution in [2.24, 2.45) is 4.99 Å². The lowest BCUT2D eigenvalue weighted by atomic mass is 10.7. The summed E-state index contributed by atoms with van der Waals surface area (Å²) in [6, 6.07) is 1.76. The van der Waals surface area contributed by atoms with E-state index >= 15 is 0 Å². The maximum absolute atomic E-state index is 5.00. The van der Waals surface area contributed by atoms with Crippen molar-refractivity contribution < 1.29 is 4.52 Å². The average molecular weight is 135 g/mol. The fourth-order valence-corrected chi connectivity index (χ4v) is 0.822. The van der Waals surface area contributed by atoms with Gasteiger partial charge < -0.3 is 4.52 Å². The number of aromatic nitrogens is 2. The number of fused-ring (bicyclic) bond motifs is 1. The van der Waals surface area contributed by atoms with Crippen LogP contribution in [0.15, 0.2) is 28.0 Å². The zero-order chi connectivity index (χ0) is 6.97. The highest BCUT2D eigenvalue weighted by atomic mass is 16.5. The van der Waals surface area contributed by atoms with Crippen molar-refractivity contribution in [2.45, 2.75) is 0 Å². The third kappa shape index (κ3) is 0.500. The molecule has 4 nitrogen and oxygen atoms in total. The van der Waals surface area contributed by atoms with Crippen LogP contribution < -0.4 is 0 Å². The van der Waals surface area contributed by atoms with Gasteiger partial charge in [-0.1, -0.05) is 0 Å². The molecule has 0 N–H and O–H groups in total. The molecule has 0 bridgehead atoms. The zero-order valence-corrected chi connectivity index (χ0v) is 5.19. The smallest absolute Gasteiger partial charge is 0.189 e. The molecular formula is C6H5N3O. The summed E-state index contributed by atoms with van der Waals surface area (Å²) in [7, 11) is 0. The average Bonchev–Trinajstić information content (AvgIpc) is 2.44. The van der Waals surface area contributed by atoms with Gasteiger partial charge in [-0.25, -0.2) is 9.98 Å². The first-order valence-corrected chi connectivity index (χ1v) is 2.80. The minimum absolute atomic E-state index is 0.625. The highest BCUT2D eigenvalue weighted by Gasteiger charge is 2.00. The van der Waals surface area contributed by atoms with E-state index in [1.54, 1.807) is 18.5 Å². The second-order valence-electron chi connectivity index (χ2n) is 1.84. The van der Waals surface area contributed by atoms with Gasteiger partial charge >= 0.3 is 0 Å². The van der Waals surface area contributed by atoms with Gasteiger partial charge in [-0.15, -0.1) is 4.57 Å². The standard InChI is InChI=1S/C6H5N3O/c1-7-6-4-8-5-2-3-10-9(5)6/h2-4H,1H2. The van der Waals surface area contributed by atoms with Crippen LogP contribution in [-0.4, -0.2) is 16.3 Å². The molecule has 0 spiro atoms. The van der Waals surface area contributed by atoms with Crippen LogP contribution >= 0.6 is 0 Å². The molecule has 4 heteroatoms. The van der Waals surface area contributed by atoms with E-state index in [0.717, 1.165) is 5.65 Å². The highest BCUT2D eigenvalue weighted by molar-refractivity contribution is 5.47. The summed E-state index contributed by atoms with van der Waals surface area (Å²) in [5, 5.41) is 0. The molecule has 2 heterocycles. The van der Waals surface area contributed by atoms with Gasteiger partial charge in [-0.05, 0) is 6.72 Å². The summed E-state index contributed by atoms with van der Waals surface area (Å²) in [5.74, 6) is 0.625. The summed E-state index contributed by atoms with van der Waals surface area (Å²) in [5.41, 5.74) is 0.752.